The van der Waals surface area contributed by atoms with E-state index in [1.165, 1.54) is 18.2 Å². The summed E-state index contributed by atoms with van der Waals surface area (Å²) in [6.07, 6.45) is 0.00805. The molecule has 5 nitrogen and oxygen atoms in total. The van der Waals surface area contributed by atoms with E-state index in [0.717, 1.165) is 0 Å². The smallest absolute Gasteiger partial charge is 0.339 e. The molecule has 1 N–H and O–H groups in total. The molecule has 102 valence electrons. The Morgan fingerprint density at radius 3 is 2.42 bits per heavy atom. The fourth-order valence-corrected chi connectivity index (χ4v) is 1.79. The van der Waals surface area contributed by atoms with Gasteiger partial charge < -0.3 is 9.84 Å². The van der Waals surface area contributed by atoms with Gasteiger partial charge in [-0.2, -0.15) is 0 Å². The number of ether oxygens (including phenoxy) is 1. The second-order valence-electron chi connectivity index (χ2n) is 3.62. The highest BCUT2D eigenvalue weighted by atomic mass is 35.5. The normalized spacial score (nSPS) is 10.0. The fraction of sp³-hybridized carbons (Fsp3) is 0.308. The largest absolute Gasteiger partial charge is 0.478 e. The van der Waals surface area contributed by atoms with Gasteiger partial charge in [0, 0.05) is 17.9 Å². The zero-order chi connectivity index (χ0) is 14.4. The molecule has 0 bridgehead atoms. The van der Waals surface area contributed by atoms with Crippen LogP contribution in [0.2, 0.25) is 0 Å². The minimum atomic E-state index is -1.35. The Morgan fingerprint density at radius 1 is 1.26 bits per heavy atom. The summed E-state index contributed by atoms with van der Waals surface area (Å²) in [5.41, 5.74) is -0.496. The maximum Gasteiger partial charge on any atom is 0.339 e. The Bertz CT molecular complexity index is 474. The molecule has 0 heterocycles. The molecular weight excluding hydrogens is 272 g/mol. The van der Waals surface area contributed by atoms with E-state index in [4.69, 9.17) is 16.3 Å². The highest BCUT2D eigenvalue weighted by Crippen LogP contribution is 2.18. The number of ketones is 1. The van der Waals surface area contributed by atoms with Crippen LogP contribution in [0.15, 0.2) is 18.2 Å². The van der Waals surface area contributed by atoms with Crippen molar-refractivity contribution in [3.63, 3.8) is 0 Å². The molecule has 19 heavy (non-hydrogen) atoms. The lowest BCUT2D eigenvalue weighted by molar-refractivity contribution is 0.0514. The van der Waals surface area contributed by atoms with Crippen molar-refractivity contribution in [3.8, 4) is 0 Å². The number of alkyl halides is 1. The Morgan fingerprint density at radius 2 is 1.89 bits per heavy atom. The summed E-state index contributed by atoms with van der Waals surface area (Å²) in [5.74, 6) is -2.44. The average Bonchev–Trinajstić information content (AvgIpc) is 2.38. The van der Waals surface area contributed by atoms with Gasteiger partial charge in [0.2, 0.25) is 0 Å². The number of hydrogen-bond donors (Lipinski definition) is 1. The van der Waals surface area contributed by atoms with Crippen molar-refractivity contribution in [1.82, 2.24) is 0 Å². The van der Waals surface area contributed by atoms with Crippen LogP contribution in [-0.2, 0) is 4.74 Å². The van der Waals surface area contributed by atoms with Crippen LogP contribution < -0.4 is 0 Å². The van der Waals surface area contributed by atoms with Gasteiger partial charge in [0.05, 0.1) is 17.7 Å². The highest BCUT2D eigenvalue weighted by molar-refractivity contribution is 6.20. The van der Waals surface area contributed by atoms with Crippen LogP contribution in [0, 0.1) is 0 Å². The van der Waals surface area contributed by atoms with Crippen LogP contribution in [0.3, 0.4) is 0 Å². The number of carboxylic acid groups (broad SMARTS) is 1. The number of carbonyl (C=O) groups excluding carboxylic acids is 2. The van der Waals surface area contributed by atoms with Crippen molar-refractivity contribution in [2.45, 2.75) is 13.3 Å². The lowest BCUT2D eigenvalue weighted by atomic mass is 9.97. The van der Waals surface area contributed by atoms with Crippen molar-refractivity contribution in [2.24, 2.45) is 0 Å². The molecular formula is C13H13ClO5. The molecule has 0 fully saturated rings. The summed E-state index contributed by atoms with van der Waals surface area (Å²) in [5, 5.41) is 9.19. The number of hydrogen-bond acceptors (Lipinski definition) is 4. The third-order valence-corrected chi connectivity index (χ3v) is 2.58. The van der Waals surface area contributed by atoms with E-state index in [-0.39, 0.29) is 35.6 Å². The van der Waals surface area contributed by atoms with Crippen molar-refractivity contribution in [3.05, 3.63) is 34.9 Å². The molecule has 0 aliphatic rings. The molecule has 0 aliphatic heterocycles. The second-order valence-corrected chi connectivity index (χ2v) is 3.99. The van der Waals surface area contributed by atoms with Crippen LogP contribution in [0.1, 0.15) is 44.4 Å². The third-order valence-electron chi connectivity index (χ3n) is 2.40. The quantitative estimate of drug-likeness (QED) is 0.493. The van der Waals surface area contributed by atoms with Crippen LogP contribution >= 0.6 is 11.6 Å². The number of halogens is 1. The van der Waals surface area contributed by atoms with E-state index in [9.17, 15) is 19.5 Å². The first-order valence-corrected chi connectivity index (χ1v) is 6.19. The van der Waals surface area contributed by atoms with Gasteiger partial charge >= 0.3 is 11.9 Å². The molecule has 0 saturated heterocycles. The first-order valence-electron chi connectivity index (χ1n) is 5.65. The summed E-state index contributed by atoms with van der Waals surface area (Å²) in [6, 6.07) is 4.13. The van der Waals surface area contributed by atoms with Gasteiger partial charge in [-0.25, -0.2) is 9.59 Å². The van der Waals surface area contributed by atoms with Crippen LogP contribution in [0.5, 0.6) is 0 Å². The van der Waals surface area contributed by atoms with E-state index >= 15 is 0 Å². The van der Waals surface area contributed by atoms with Gasteiger partial charge in [-0.15, -0.1) is 11.6 Å². The predicted octanol–water partition coefficient (Wildman–Crippen LogP) is 2.37. The summed E-state index contributed by atoms with van der Waals surface area (Å²) >= 11 is 5.47. The number of esters is 1. The maximum atomic E-state index is 11.8. The number of rotatable bonds is 6. The molecule has 1 aromatic carbocycles. The van der Waals surface area contributed by atoms with Gasteiger partial charge in [0.25, 0.3) is 0 Å². The molecule has 1 rings (SSSR count). The number of benzene rings is 1. The Kier molecular flexibility index (Phi) is 5.51. The molecule has 1 aromatic rings. The van der Waals surface area contributed by atoms with Gasteiger partial charge in [0.1, 0.15) is 0 Å². The molecule has 0 amide bonds. The van der Waals surface area contributed by atoms with Crippen molar-refractivity contribution >= 4 is 29.3 Å². The van der Waals surface area contributed by atoms with E-state index in [1.54, 1.807) is 6.92 Å². The molecule has 0 atom stereocenters. The minimum absolute atomic E-state index is 0.00805. The standard InChI is InChI=1S/C13H13ClO5/c1-2-19-13(18)9-5-3-4-8(10(15)6-7-14)11(9)12(16)17/h3-5H,2,6-7H2,1H3,(H,16,17). The lowest BCUT2D eigenvalue weighted by Crippen LogP contribution is -2.16. The zero-order valence-corrected chi connectivity index (χ0v) is 11.1. The van der Waals surface area contributed by atoms with E-state index in [2.05, 4.69) is 0 Å². The SMILES string of the molecule is CCOC(=O)c1cccc(C(=O)CCCl)c1C(=O)O. The molecule has 0 spiro atoms. The van der Waals surface area contributed by atoms with Gasteiger partial charge in [-0.3, -0.25) is 4.79 Å². The van der Waals surface area contributed by atoms with Crippen LogP contribution in [0.4, 0.5) is 0 Å². The Balaban J connectivity index is 3.33. The minimum Gasteiger partial charge on any atom is -0.478 e. The van der Waals surface area contributed by atoms with Gasteiger partial charge in [-0.1, -0.05) is 12.1 Å². The van der Waals surface area contributed by atoms with E-state index in [1.807, 2.05) is 0 Å². The molecule has 0 aliphatic carbocycles. The van der Waals surface area contributed by atoms with E-state index in [0.29, 0.717) is 0 Å². The van der Waals surface area contributed by atoms with Gasteiger partial charge in [0.15, 0.2) is 5.78 Å². The van der Waals surface area contributed by atoms with Gasteiger partial charge in [-0.05, 0) is 13.0 Å². The first-order chi connectivity index (χ1) is 9.02. The van der Waals surface area contributed by atoms with Crippen molar-refractivity contribution < 1.29 is 24.2 Å². The van der Waals surface area contributed by atoms with Crippen LogP contribution in [-0.4, -0.2) is 35.3 Å². The lowest BCUT2D eigenvalue weighted by Gasteiger charge is -2.09. The third kappa shape index (κ3) is 3.54. The van der Waals surface area contributed by atoms with Crippen molar-refractivity contribution in [1.29, 1.82) is 0 Å². The summed E-state index contributed by atoms with van der Waals surface area (Å²) in [7, 11) is 0. The predicted molar refractivity (Wildman–Crippen MR) is 69.0 cm³/mol. The summed E-state index contributed by atoms with van der Waals surface area (Å²) < 4.78 is 4.77. The molecule has 0 unspecified atom stereocenters. The highest BCUT2D eigenvalue weighted by Gasteiger charge is 2.24. The monoisotopic (exact) mass is 284 g/mol. The Labute approximate surface area is 115 Å². The molecule has 0 radical (unpaired) electrons. The molecule has 0 saturated carbocycles. The Hall–Kier alpha value is -1.88. The second kappa shape index (κ2) is 6.89. The number of Topliss-reactive ketones (excluding diaryl/α,β-unsaturated/α-hetero) is 1. The van der Waals surface area contributed by atoms with E-state index < -0.39 is 17.7 Å². The number of aromatic carboxylic acids is 1. The summed E-state index contributed by atoms with van der Waals surface area (Å²) in [6.45, 7) is 1.73. The van der Waals surface area contributed by atoms with Crippen LogP contribution in [0.25, 0.3) is 0 Å². The van der Waals surface area contributed by atoms with Crippen molar-refractivity contribution in [2.75, 3.05) is 12.5 Å². The fourth-order valence-electron chi connectivity index (χ4n) is 1.61. The number of carboxylic acids is 1. The summed E-state index contributed by atoms with van der Waals surface area (Å²) in [4.78, 5) is 34.7. The molecule has 6 heteroatoms. The number of carbonyl (C=O) groups is 3. The first kappa shape index (κ1) is 15.2. The average molecular weight is 285 g/mol. The zero-order valence-electron chi connectivity index (χ0n) is 10.3. The topological polar surface area (TPSA) is 80.7 Å². The molecule has 0 aromatic heterocycles. The maximum absolute atomic E-state index is 11.8.